The van der Waals surface area contributed by atoms with Gasteiger partial charge in [-0.1, -0.05) is 23.7 Å². The highest BCUT2D eigenvalue weighted by atomic mass is 35.5. The molecule has 1 aromatic rings. The summed E-state index contributed by atoms with van der Waals surface area (Å²) in [7, 11) is 0. The van der Waals surface area contributed by atoms with Crippen molar-refractivity contribution in [3.63, 3.8) is 0 Å². The summed E-state index contributed by atoms with van der Waals surface area (Å²) >= 11 is 6.03. The van der Waals surface area contributed by atoms with Gasteiger partial charge in [-0.15, -0.1) is 0 Å². The van der Waals surface area contributed by atoms with Crippen LogP contribution in [0.3, 0.4) is 0 Å². The third-order valence-corrected chi connectivity index (χ3v) is 5.66. The van der Waals surface area contributed by atoms with Gasteiger partial charge in [-0.3, -0.25) is 14.9 Å². The number of nitrogens with zero attached hydrogens (tertiary/aromatic N) is 6. The maximum absolute atomic E-state index is 12.4. The monoisotopic (exact) mass is 443 g/mol. The van der Waals surface area contributed by atoms with Crippen molar-refractivity contribution < 1.29 is 9.59 Å². The number of hydrazone groups is 1. The molecule has 2 aliphatic rings. The molecule has 1 atom stereocenters. The number of hydrogen-bond acceptors (Lipinski definition) is 5. The van der Waals surface area contributed by atoms with E-state index in [-0.39, 0.29) is 30.4 Å². The van der Waals surface area contributed by atoms with E-state index in [9.17, 15) is 14.9 Å². The predicted molar refractivity (Wildman–Crippen MR) is 118 cm³/mol. The van der Waals surface area contributed by atoms with Crippen LogP contribution in [0.2, 0.25) is 5.02 Å². The fourth-order valence-electron chi connectivity index (χ4n) is 3.79. The van der Waals surface area contributed by atoms with Crippen LogP contribution in [-0.4, -0.2) is 77.1 Å². The number of carbonyl (C=O) groups is 2. The minimum Gasteiger partial charge on any atom is -0.342 e. The van der Waals surface area contributed by atoms with Gasteiger partial charge >= 0.3 is 0 Å². The molecule has 1 N–H and O–H groups in total. The van der Waals surface area contributed by atoms with Gasteiger partial charge in [0.2, 0.25) is 17.8 Å². The number of amides is 2. The molecule has 1 aromatic carbocycles. The van der Waals surface area contributed by atoms with Gasteiger partial charge < -0.3 is 9.80 Å². The highest BCUT2D eigenvalue weighted by Gasteiger charge is 2.38. The number of likely N-dealkylation sites (tertiary alicyclic amines) is 1. The molecule has 0 saturated carbocycles. The molecule has 2 aliphatic heterocycles. The van der Waals surface area contributed by atoms with Crippen LogP contribution in [0.25, 0.3) is 0 Å². The topological polar surface area (TPSA) is 104 Å². The second-order valence-electron chi connectivity index (χ2n) is 7.22. The van der Waals surface area contributed by atoms with Crippen LogP contribution in [0.5, 0.6) is 0 Å². The highest BCUT2D eigenvalue weighted by molar-refractivity contribution is 6.30. The van der Waals surface area contributed by atoms with Gasteiger partial charge in [0.05, 0.1) is 18.3 Å². The molecule has 2 heterocycles. The Morgan fingerprint density at radius 1 is 1.35 bits per heavy atom. The highest BCUT2D eigenvalue weighted by Crippen LogP contribution is 2.24. The van der Waals surface area contributed by atoms with Gasteiger partial charge in [0.1, 0.15) is 6.54 Å². The molecular weight excluding hydrogens is 418 g/mol. The van der Waals surface area contributed by atoms with E-state index in [2.05, 4.69) is 15.4 Å². The van der Waals surface area contributed by atoms with E-state index in [0.29, 0.717) is 43.3 Å². The quantitative estimate of drug-likeness (QED) is 0.311. The van der Waals surface area contributed by atoms with Crippen molar-refractivity contribution in [2.45, 2.75) is 32.7 Å². The number of aliphatic imine (C=N–C) groups is 1. The lowest BCUT2D eigenvalue weighted by Gasteiger charge is -2.25. The standard InChI is InChI=1S/C21H26ClN7O2/c1-3-27(4-2)19(31)12-24-21(25-14-23)29-13-17(28-11-5-6-18(28)30)20(26-29)15-7-9-16(22)10-8-15/h7-10,17H,3-6,11-13H2,1-2H3,(H,24,25). The Morgan fingerprint density at radius 2 is 2.06 bits per heavy atom. The minimum atomic E-state index is -0.277. The van der Waals surface area contributed by atoms with E-state index in [1.54, 1.807) is 22.0 Å². The summed E-state index contributed by atoms with van der Waals surface area (Å²) < 4.78 is 0. The van der Waals surface area contributed by atoms with Gasteiger partial charge in [0, 0.05) is 36.6 Å². The number of nitrogens with one attached hydrogen (secondary N) is 1. The fraction of sp³-hybridized carbons (Fsp3) is 0.476. The number of rotatable bonds is 6. The predicted octanol–water partition coefficient (Wildman–Crippen LogP) is 1.65. The largest absolute Gasteiger partial charge is 0.342 e. The van der Waals surface area contributed by atoms with E-state index >= 15 is 0 Å². The van der Waals surface area contributed by atoms with Crippen LogP contribution in [0, 0.1) is 11.5 Å². The van der Waals surface area contributed by atoms with Crippen LogP contribution in [0.15, 0.2) is 34.4 Å². The zero-order valence-electron chi connectivity index (χ0n) is 17.7. The summed E-state index contributed by atoms with van der Waals surface area (Å²) in [6.07, 6.45) is 3.18. The Hall–Kier alpha value is -3.12. The average Bonchev–Trinajstić information content (AvgIpc) is 3.38. The second-order valence-corrected chi connectivity index (χ2v) is 7.66. The Kier molecular flexibility index (Phi) is 7.47. The number of likely N-dealkylation sites (N-methyl/N-ethyl adjacent to an activating group) is 1. The summed E-state index contributed by atoms with van der Waals surface area (Å²) in [5, 5.41) is 18.6. The zero-order chi connectivity index (χ0) is 22.4. The molecule has 0 spiro atoms. The number of guanidine groups is 1. The molecule has 0 aromatic heterocycles. The van der Waals surface area contributed by atoms with Gasteiger partial charge in [-0.2, -0.15) is 10.4 Å². The molecule has 1 unspecified atom stereocenters. The number of halogens is 1. The number of nitriles is 1. The second kappa shape index (κ2) is 10.3. The van der Waals surface area contributed by atoms with E-state index in [1.807, 2.05) is 37.1 Å². The van der Waals surface area contributed by atoms with Crippen molar-refractivity contribution in [3.05, 3.63) is 34.9 Å². The number of hydrogen-bond donors (Lipinski definition) is 1. The van der Waals surface area contributed by atoms with Crippen molar-refractivity contribution in [2.24, 2.45) is 10.1 Å². The maximum Gasteiger partial charge on any atom is 0.244 e. The molecule has 3 rings (SSSR count). The van der Waals surface area contributed by atoms with Gasteiger partial charge in [0.15, 0.2) is 6.19 Å². The third-order valence-electron chi connectivity index (χ3n) is 5.41. The number of benzene rings is 1. The van der Waals surface area contributed by atoms with Crippen molar-refractivity contribution in [1.29, 1.82) is 5.26 Å². The van der Waals surface area contributed by atoms with Crippen LogP contribution < -0.4 is 5.32 Å². The van der Waals surface area contributed by atoms with Crippen LogP contribution in [-0.2, 0) is 9.59 Å². The molecule has 1 saturated heterocycles. The lowest BCUT2D eigenvalue weighted by molar-refractivity contribution is -0.129. The maximum atomic E-state index is 12.4. The Balaban J connectivity index is 1.89. The lowest BCUT2D eigenvalue weighted by Crippen LogP contribution is -2.46. The molecular formula is C21H26ClN7O2. The van der Waals surface area contributed by atoms with Crippen LogP contribution in [0.1, 0.15) is 32.3 Å². The smallest absolute Gasteiger partial charge is 0.244 e. The SMILES string of the molecule is CCN(CC)C(=O)CN=C(NC#N)N1CC(N2CCCC2=O)C(c2ccc(Cl)cc2)=N1. The summed E-state index contributed by atoms with van der Waals surface area (Å²) in [4.78, 5) is 32.6. The first-order chi connectivity index (χ1) is 15.0. The van der Waals surface area contributed by atoms with E-state index in [4.69, 9.17) is 11.6 Å². The van der Waals surface area contributed by atoms with Crippen LogP contribution >= 0.6 is 11.6 Å². The normalized spacial score (nSPS) is 18.8. The molecule has 10 heteroatoms. The first-order valence-corrected chi connectivity index (χ1v) is 10.7. The Bertz CT molecular complexity index is 919. The number of carbonyl (C=O) groups excluding carboxylic acids is 2. The molecule has 0 bridgehead atoms. The third kappa shape index (κ3) is 5.14. The van der Waals surface area contributed by atoms with Crippen LogP contribution in [0.4, 0.5) is 0 Å². The fourth-order valence-corrected chi connectivity index (χ4v) is 3.92. The summed E-state index contributed by atoms with van der Waals surface area (Å²) in [5.41, 5.74) is 1.54. The van der Waals surface area contributed by atoms with E-state index in [1.165, 1.54) is 0 Å². The summed E-state index contributed by atoms with van der Waals surface area (Å²) in [6, 6.07) is 6.99. The molecule has 31 heavy (non-hydrogen) atoms. The van der Waals surface area contributed by atoms with Gasteiger partial charge in [-0.25, -0.2) is 10.0 Å². The molecule has 9 nitrogen and oxygen atoms in total. The first-order valence-electron chi connectivity index (χ1n) is 10.4. The molecule has 0 radical (unpaired) electrons. The van der Waals surface area contributed by atoms with E-state index in [0.717, 1.165) is 12.0 Å². The molecule has 2 amide bonds. The van der Waals surface area contributed by atoms with Crippen molar-refractivity contribution in [2.75, 3.05) is 32.7 Å². The summed E-state index contributed by atoms with van der Waals surface area (Å²) in [6.45, 7) is 5.89. The average molecular weight is 444 g/mol. The first kappa shape index (κ1) is 22.6. The van der Waals surface area contributed by atoms with Crippen molar-refractivity contribution in [3.8, 4) is 6.19 Å². The van der Waals surface area contributed by atoms with Gasteiger partial charge in [0.25, 0.3) is 0 Å². The van der Waals surface area contributed by atoms with Crippen molar-refractivity contribution >= 4 is 35.1 Å². The Morgan fingerprint density at radius 3 is 2.65 bits per heavy atom. The Labute approximate surface area is 187 Å². The zero-order valence-corrected chi connectivity index (χ0v) is 18.5. The minimum absolute atomic E-state index is 0.0805. The molecule has 0 aliphatic carbocycles. The van der Waals surface area contributed by atoms with Gasteiger partial charge in [-0.05, 0) is 32.4 Å². The lowest BCUT2D eigenvalue weighted by atomic mass is 10.0. The van der Waals surface area contributed by atoms with E-state index < -0.39 is 0 Å². The van der Waals surface area contributed by atoms with Crippen molar-refractivity contribution in [1.82, 2.24) is 20.1 Å². The molecule has 164 valence electrons. The summed E-state index contributed by atoms with van der Waals surface area (Å²) in [5.74, 6) is 0.134. The molecule has 1 fully saturated rings.